The van der Waals surface area contributed by atoms with Crippen molar-refractivity contribution in [1.82, 2.24) is 5.32 Å². The highest BCUT2D eigenvalue weighted by atomic mass is 16.5. The number of para-hydroxylation sites is 1. The highest BCUT2D eigenvalue weighted by Crippen LogP contribution is 2.28. The van der Waals surface area contributed by atoms with E-state index >= 15 is 0 Å². The lowest BCUT2D eigenvalue weighted by Gasteiger charge is -2.11. The zero-order valence-corrected chi connectivity index (χ0v) is 12.1. The Balaban J connectivity index is 1.48. The van der Waals surface area contributed by atoms with Gasteiger partial charge in [0.25, 0.3) is 5.91 Å². The van der Waals surface area contributed by atoms with Crippen molar-refractivity contribution in [2.75, 3.05) is 6.54 Å². The van der Waals surface area contributed by atoms with E-state index in [1.807, 2.05) is 24.3 Å². The Hall–Kier alpha value is -2.29. The number of rotatable bonds is 4. The molecular weight excluding hydrogens is 262 g/mol. The third kappa shape index (κ3) is 3.24. The maximum absolute atomic E-state index is 12.1. The van der Waals surface area contributed by atoms with Crippen LogP contribution < -0.4 is 10.1 Å². The highest BCUT2D eigenvalue weighted by molar-refractivity contribution is 5.82. The molecule has 0 bridgehead atoms. The van der Waals surface area contributed by atoms with Crippen molar-refractivity contribution in [2.45, 2.75) is 25.9 Å². The second-order valence-corrected chi connectivity index (χ2v) is 5.44. The van der Waals surface area contributed by atoms with Crippen LogP contribution in [0.2, 0.25) is 0 Å². The summed E-state index contributed by atoms with van der Waals surface area (Å²) in [5.74, 6) is 0.800. The summed E-state index contributed by atoms with van der Waals surface area (Å²) in [6.45, 7) is 2.71. The van der Waals surface area contributed by atoms with E-state index in [0.717, 1.165) is 17.7 Å². The van der Waals surface area contributed by atoms with E-state index in [-0.39, 0.29) is 12.0 Å². The molecule has 1 amide bonds. The fourth-order valence-electron chi connectivity index (χ4n) is 2.53. The zero-order valence-electron chi connectivity index (χ0n) is 12.1. The zero-order chi connectivity index (χ0) is 14.7. The predicted octanol–water partition coefficient (Wildman–Crippen LogP) is 2.66. The molecular formula is C18H19NO2. The van der Waals surface area contributed by atoms with Crippen molar-refractivity contribution in [3.63, 3.8) is 0 Å². The summed E-state index contributed by atoms with van der Waals surface area (Å²) < 4.78 is 5.68. The second-order valence-electron chi connectivity index (χ2n) is 5.44. The van der Waals surface area contributed by atoms with Gasteiger partial charge in [-0.1, -0.05) is 48.0 Å². The Labute approximate surface area is 124 Å². The molecule has 3 rings (SSSR count). The minimum absolute atomic E-state index is 0.0293. The number of amides is 1. The Morgan fingerprint density at radius 3 is 2.71 bits per heavy atom. The van der Waals surface area contributed by atoms with Gasteiger partial charge < -0.3 is 10.1 Å². The molecule has 1 heterocycles. The maximum Gasteiger partial charge on any atom is 0.261 e. The Kier molecular flexibility index (Phi) is 3.91. The van der Waals surface area contributed by atoms with Gasteiger partial charge in [-0.3, -0.25) is 4.79 Å². The number of benzene rings is 2. The van der Waals surface area contributed by atoms with Gasteiger partial charge in [0.15, 0.2) is 6.10 Å². The van der Waals surface area contributed by atoms with E-state index in [2.05, 4.69) is 36.5 Å². The van der Waals surface area contributed by atoms with E-state index in [4.69, 9.17) is 4.74 Å². The number of aryl methyl sites for hydroxylation is 1. The van der Waals surface area contributed by atoms with Crippen LogP contribution in [0.4, 0.5) is 0 Å². The smallest absolute Gasteiger partial charge is 0.261 e. The molecule has 3 nitrogen and oxygen atoms in total. The van der Waals surface area contributed by atoms with Crippen LogP contribution in [0.25, 0.3) is 0 Å². The van der Waals surface area contributed by atoms with Crippen molar-refractivity contribution in [2.24, 2.45) is 0 Å². The van der Waals surface area contributed by atoms with Gasteiger partial charge >= 0.3 is 0 Å². The molecule has 0 aliphatic carbocycles. The average molecular weight is 281 g/mol. The number of carbonyl (C=O) groups is 1. The number of ether oxygens (including phenoxy) is 1. The van der Waals surface area contributed by atoms with E-state index < -0.39 is 0 Å². The summed E-state index contributed by atoms with van der Waals surface area (Å²) in [7, 11) is 0. The van der Waals surface area contributed by atoms with Gasteiger partial charge in [-0.05, 0) is 30.5 Å². The molecule has 0 saturated heterocycles. The molecule has 0 fully saturated rings. The molecule has 2 aromatic rings. The third-order valence-corrected chi connectivity index (χ3v) is 3.77. The van der Waals surface area contributed by atoms with Crippen LogP contribution in [0.15, 0.2) is 48.5 Å². The first kappa shape index (κ1) is 13.7. The second kappa shape index (κ2) is 6.00. The minimum Gasteiger partial charge on any atom is -0.480 e. The first-order valence-electron chi connectivity index (χ1n) is 7.30. The number of hydrogen-bond donors (Lipinski definition) is 1. The van der Waals surface area contributed by atoms with Crippen LogP contribution in [0.3, 0.4) is 0 Å². The molecule has 1 atom stereocenters. The van der Waals surface area contributed by atoms with Gasteiger partial charge in [-0.2, -0.15) is 0 Å². The molecule has 0 radical (unpaired) electrons. The lowest BCUT2D eigenvalue weighted by molar-refractivity contribution is -0.127. The van der Waals surface area contributed by atoms with Gasteiger partial charge in [0.05, 0.1) is 0 Å². The average Bonchev–Trinajstić information content (AvgIpc) is 2.93. The van der Waals surface area contributed by atoms with Crippen LogP contribution in [0.5, 0.6) is 5.75 Å². The third-order valence-electron chi connectivity index (χ3n) is 3.77. The van der Waals surface area contributed by atoms with Crippen molar-refractivity contribution >= 4 is 5.91 Å². The number of hydrogen-bond acceptors (Lipinski definition) is 2. The lowest BCUT2D eigenvalue weighted by atomic mass is 10.1. The summed E-state index contributed by atoms with van der Waals surface area (Å²) >= 11 is 0. The summed E-state index contributed by atoms with van der Waals surface area (Å²) in [5, 5.41) is 2.96. The first-order valence-corrected chi connectivity index (χ1v) is 7.30. The van der Waals surface area contributed by atoms with Crippen LogP contribution in [0.1, 0.15) is 16.7 Å². The van der Waals surface area contributed by atoms with Crippen molar-refractivity contribution in [3.8, 4) is 5.75 Å². The van der Waals surface area contributed by atoms with Gasteiger partial charge in [0, 0.05) is 13.0 Å². The van der Waals surface area contributed by atoms with Gasteiger partial charge in [-0.25, -0.2) is 0 Å². The van der Waals surface area contributed by atoms with Gasteiger partial charge in [0.1, 0.15) is 5.75 Å². The summed E-state index contributed by atoms with van der Waals surface area (Å²) in [4.78, 5) is 12.1. The number of fused-ring (bicyclic) bond motifs is 1. The van der Waals surface area contributed by atoms with Crippen LogP contribution in [-0.2, 0) is 17.6 Å². The van der Waals surface area contributed by atoms with Crippen molar-refractivity contribution in [3.05, 3.63) is 65.2 Å². The summed E-state index contributed by atoms with van der Waals surface area (Å²) in [6.07, 6.45) is 1.11. The summed E-state index contributed by atoms with van der Waals surface area (Å²) in [5.41, 5.74) is 3.59. The molecule has 2 aromatic carbocycles. The summed E-state index contributed by atoms with van der Waals surface area (Å²) in [6, 6.07) is 16.2. The number of nitrogens with one attached hydrogen (secondary N) is 1. The maximum atomic E-state index is 12.1. The quantitative estimate of drug-likeness (QED) is 0.935. The monoisotopic (exact) mass is 281 g/mol. The van der Waals surface area contributed by atoms with E-state index in [9.17, 15) is 4.79 Å². The fourth-order valence-corrected chi connectivity index (χ4v) is 2.53. The Morgan fingerprint density at radius 2 is 1.95 bits per heavy atom. The molecule has 1 unspecified atom stereocenters. The van der Waals surface area contributed by atoms with E-state index in [1.54, 1.807) is 0 Å². The van der Waals surface area contributed by atoms with Crippen LogP contribution in [-0.4, -0.2) is 18.6 Å². The minimum atomic E-state index is -0.389. The predicted molar refractivity (Wildman–Crippen MR) is 82.5 cm³/mol. The molecule has 1 aliphatic rings. The molecule has 21 heavy (non-hydrogen) atoms. The molecule has 1 N–H and O–H groups in total. The SMILES string of the molecule is Cc1ccc(CCNC(=O)C2Cc3ccccc3O2)cc1. The van der Waals surface area contributed by atoms with Crippen molar-refractivity contribution < 1.29 is 9.53 Å². The van der Waals surface area contributed by atoms with E-state index in [0.29, 0.717) is 13.0 Å². The van der Waals surface area contributed by atoms with Crippen molar-refractivity contribution in [1.29, 1.82) is 0 Å². The van der Waals surface area contributed by atoms with Gasteiger partial charge in [-0.15, -0.1) is 0 Å². The molecule has 0 spiro atoms. The topological polar surface area (TPSA) is 38.3 Å². The molecule has 0 aromatic heterocycles. The largest absolute Gasteiger partial charge is 0.480 e. The normalized spacial score (nSPS) is 16.1. The standard InChI is InChI=1S/C18H19NO2/c1-13-6-8-14(9-7-13)10-11-19-18(20)17-12-15-4-2-3-5-16(15)21-17/h2-9,17H,10-12H2,1H3,(H,19,20). The van der Waals surface area contributed by atoms with E-state index in [1.165, 1.54) is 11.1 Å². The van der Waals surface area contributed by atoms with Crippen LogP contribution in [0, 0.1) is 6.92 Å². The first-order chi connectivity index (χ1) is 10.2. The molecule has 3 heteroatoms. The number of carbonyl (C=O) groups excluding carboxylic acids is 1. The Morgan fingerprint density at radius 1 is 1.19 bits per heavy atom. The van der Waals surface area contributed by atoms with Gasteiger partial charge in [0.2, 0.25) is 0 Å². The van der Waals surface area contributed by atoms with Crippen LogP contribution >= 0.6 is 0 Å². The Bertz CT molecular complexity index is 609. The molecule has 108 valence electrons. The molecule has 1 aliphatic heterocycles. The highest BCUT2D eigenvalue weighted by Gasteiger charge is 2.28. The fraction of sp³-hybridized carbons (Fsp3) is 0.278. The lowest BCUT2D eigenvalue weighted by Crippen LogP contribution is -2.38. The molecule has 0 saturated carbocycles.